The van der Waals surface area contributed by atoms with Crippen LogP contribution in [0, 0.1) is 0 Å². The van der Waals surface area contributed by atoms with Gasteiger partial charge in [0.05, 0.1) is 6.10 Å². The zero-order valence-corrected chi connectivity index (χ0v) is 5.92. The molecule has 3 atom stereocenters. The third-order valence-electron chi connectivity index (χ3n) is 1.95. The number of nitrogens with one attached hydrogen (secondary N) is 1. The first-order valence-corrected chi connectivity index (χ1v) is 3.27. The summed E-state index contributed by atoms with van der Waals surface area (Å²) >= 11 is 0. The van der Waals surface area contributed by atoms with E-state index in [4.69, 9.17) is 10.5 Å². The van der Waals surface area contributed by atoms with Gasteiger partial charge in [0, 0.05) is 25.7 Å². The predicted octanol–water partition coefficient (Wildman–Crippen LogP) is -0.680. The Morgan fingerprint density at radius 3 is 2.56 bits per heavy atom. The fraction of sp³-hybridized carbons (Fsp3) is 1.00. The van der Waals surface area contributed by atoms with Crippen LogP contribution in [-0.4, -0.2) is 31.8 Å². The number of methoxy groups -OCH3 is 1. The summed E-state index contributed by atoms with van der Waals surface area (Å²) in [4.78, 5) is 0. The summed E-state index contributed by atoms with van der Waals surface area (Å²) in [6, 6.07) is 0.560. The molecule has 0 spiro atoms. The van der Waals surface area contributed by atoms with Crippen molar-refractivity contribution in [1.82, 2.24) is 5.32 Å². The monoisotopic (exact) mass is 130 g/mol. The van der Waals surface area contributed by atoms with Gasteiger partial charge in [-0.2, -0.15) is 0 Å². The van der Waals surface area contributed by atoms with Gasteiger partial charge in [0.15, 0.2) is 0 Å². The van der Waals surface area contributed by atoms with Crippen molar-refractivity contribution in [2.24, 2.45) is 5.73 Å². The Bertz CT molecular complexity index is 97.1. The van der Waals surface area contributed by atoms with Crippen molar-refractivity contribution in [3.05, 3.63) is 0 Å². The second kappa shape index (κ2) is 2.64. The van der Waals surface area contributed by atoms with Gasteiger partial charge in [-0.05, 0) is 6.92 Å². The van der Waals surface area contributed by atoms with Crippen molar-refractivity contribution >= 4 is 0 Å². The smallest absolute Gasteiger partial charge is 0.0861 e. The fourth-order valence-corrected chi connectivity index (χ4v) is 1.14. The normalized spacial score (nSPS) is 43.7. The SMILES string of the molecule is COC1CNC(C)C1N. The lowest BCUT2D eigenvalue weighted by molar-refractivity contribution is 0.104. The summed E-state index contributed by atoms with van der Waals surface area (Å²) in [6.45, 7) is 2.96. The summed E-state index contributed by atoms with van der Waals surface area (Å²) in [5.74, 6) is 0. The van der Waals surface area contributed by atoms with Gasteiger partial charge in [-0.3, -0.25) is 0 Å². The highest BCUT2D eigenvalue weighted by Crippen LogP contribution is 2.06. The largest absolute Gasteiger partial charge is 0.378 e. The molecule has 1 saturated heterocycles. The van der Waals surface area contributed by atoms with Gasteiger partial charge in [-0.25, -0.2) is 0 Å². The van der Waals surface area contributed by atoms with Crippen LogP contribution in [0.3, 0.4) is 0 Å². The Labute approximate surface area is 55.6 Å². The van der Waals surface area contributed by atoms with Crippen LogP contribution in [0.1, 0.15) is 6.92 Å². The predicted molar refractivity (Wildman–Crippen MR) is 36.2 cm³/mol. The van der Waals surface area contributed by atoms with E-state index in [1.54, 1.807) is 7.11 Å². The van der Waals surface area contributed by atoms with Gasteiger partial charge in [0.25, 0.3) is 0 Å². The molecular formula is C6H14N2O. The van der Waals surface area contributed by atoms with E-state index in [2.05, 4.69) is 12.2 Å². The highest BCUT2D eigenvalue weighted by Gasteiger charge is 2.29. The fourth-order valence-electron chi connectivity index (χ4n) is 1.14. The van der Waals surface area contributed by atoms with Gasteiger partial charge < -0.3 is 15.8 Å². The molecule has 0 aromatic rings. The Balaban J connectivity index is 2.41. The molecule has 3 nitrogen and oxygen atoms in total. The Kier molecular flexibility index (Phi) is 2.05. The topological polar surface area (TPSA) is 47.3 Å². The molecule has 54 valence electrons. The zero-order valence-electron chi connectivity index (χ0n) is 5.92. The minimum absolute atomic E-state index is 0.162. The highest BCUT2D eigenvalue weighted by molar-refractivity contribution is 4.91. The standard InChI is InChI=1S/C6H14N2O/c1-4-6(7)5(9-2)3-8-4/h4-6,8H,3,7H2,1-2H3. The number of ether oxygens (including phenoxy) is 1. The molecule has 0 aromatic heterocycles. The van der Waals surface area contributed by atoms with Gasteiger partial charge in [-0.1, -0.05) is 0 Å². The van der Waals surface area contributed by atoms with E-state index < -0.39 is 0 Å². The zero-order chi connectivity index (χ0) is 6.85. The van der Waals surface area contributed by atoms with Gasteiger partial charge in [0.1, 0.15) is 0 Å². The lowest BCUT2D eigenvalue weighted by Crippen LogP contribution is -2.39. The van der Waals surface area contributed by atoms with Crippen LogP contribution in [-0.2, 0) is 4.74 Å². The van der Waals surface area contributed by atoms with Crippen LogP contribution in [0.4, 0.5) is 0 Å². The van der Waals surface area contributed by atoms with E-state index in [9.17, 15) is 0 Å². The van der Waals surface area contributed by atoms with Crippen molar-refractivity contribution in [3.63, 3.8) is 0 Å². The van der Waals surface area contributed by atoms with Crippen LogP contribution < -0.4 is 11.1 Å². The number of nitrogens with two attached hydrogens (primary N) is 1. The number of hydrogen-bond donors (Lipinski definition) is 2. The maximum atomic E-state index is 5.75. The van der Waals surface area contributed by atoms with E-state index in [1.807, 2.05) is 0 Å². The minimum Gasteiger partial charge on any atom is -0.378 e. The highest BCUT2D eigenvalue weighted by atomic mass is 16.5. The summed E-state index contributed by atoms with van der Waals surface area (Å²) in [5.41, 5.74) is 5.75. The molecule has 3 N–H and O–H groups in total. The van der Waals surface area contributed by atoms with Gasteiger partial charge in [0.2, 0.25) is 0 Å². The maximum Gasteiger partial charge on any atom is 0.0861 e. The molecular weight excluding hydrogens is 116 g/mol. The molecule has 1 aliphatic heterocycles. The first-order valence-electron chi connectivity index (χ1n) is 3.27. The summed E-state index contributed by atoms with van der Waals surface area (Å²) in [7, 11) is 1.70. The Hall–Kier alpha value is -0.120. The molecule has 1 heterocycles. The first kappa shape index (κ1) is 6.99. The summed E-state index contributed by atoms with van der Waals surface area (Å²) in [5, 5.41) is 3.22. The molecule has 3 heteroatoms. The molecule has 0 bridgehead atoms. The lowest BCUT2D eigenvalue weighted by Gasteiger charge is -2.14. The average Bonchev–Trinajstić information content (AvgIpc) is 2.15. The van der Waals surface area contributed by atoms with Crippen molar-refractivity contribution in [1.29, 1.82) is 0 Å². The van der Waals surface area contributed by atoms with Crippen molar-refractivity contribution < 1.29 is 4.74 Å². The Morgan fingerprint density at radius 1 is 1.67 bits per heavy atom. The maximum absolute atomic E-state index is 5.75. The molecule has 1 aliphatic rings. The summed E-state index contributed by atoms with van der Waals surface area (Å²) < 4.78 is 5.11. The third-order valence-corrected chi connectivity index (χ3v) is 1.95. The van der Waals surface area contributed by atoms with E-state index >= 15 is 0 Å². The lowest BCUT2D eigenvalue weighted by atomic mass is 10.1. The molecule has 0 saturated carbocycles. The van der Waals surface area contributed by atoms with Crippen molar-refractivity contribution in [2.45, 2.75) is 25.1 Å². The van der Waals surface area contributed by atoms with E-state index in [0.29, 0.717) is 6.04 Å². The minimum atomic E-state index is 0.162. The van der Waals surface area contributed by atoms with Crippen LogP contribution in [0.25, 0.3) is 0 Å². The molecule has 0 radical (unpaired) electrons. The van der Waals surface area contributed by atoms with Crippen molar-refractivity contribution in [2.75, 3.05) is 13.7 Å². The van der Waals surface area contributed by atoms with E-state index in [0.717, 1.165) is 6.54 Å². The van der Waals surface area contributed by atoms with Crippen LogP contribution in [0.15, 0.2) is 0 Å². The molecule has 1 rings (SSSR count). The number of rotatable bonds is 1. The van der Waals surface area contributed by atoms with Crippen molar-refractivity contribution in [3.8, 4) is 0 Å². The molecule has 1 fully saturated rings. The van der Waals surface area contributed by atoms with Crippen LogP contribution >= 0.6 is 0 Å². The van der Waals surface area contributed by atoms with Crippen LogP contribution in [0.2, 0.25) is 0 Å². The molecule has 9 heavy (non-hydrogen) atoms. The third kappa shape index (κ3) is 1.23. The Morgan fingerprint density at radius 2 is 2.33 bits per heavy atom. The van der Waals surface area contributed by atoms with Gasteiger partial charge in [-0.15, -0.1) is 0 Å². The first-order chi connectivity index (χ1) is 4.25. The average molecular weight is 130 g/mol. The van der Waals surface area contributed by atoms with E-state index in [1.165, 1.54) is 0 Å². The van der Waals surface area contributed by atoms with Gasteiger partial charge >= 0.3 is 0 Å². The molecule has 3 unspecified atom stereocenters. The second-order valence-electron chi connectivity index (χ2n) is 2.55. The summed E-state index contributed by atoms with van der Waals surface area (Å²) in [6.07, 6.45) is 0.208. The molecule has 0 aromatic carbocycles. The van der Waals surface area contributed by atoms with Crippen LogP contribution in [0.5, 0.6) is 0 Å². The second-order valence-corrected chi connectivity index (χ2v) is 2.55. The molecule has 0 amide bonds. The molecule has 0 aliphatic carbocycles. The number of hydrogen-bond acceptors (Lipinski definition) is 3. The quantitative estimate of drug-likeness (QED) is 0.494. The van der Waals surface area contributed by atoms with E-state index in [-0.39, 0.29) is 12.1 Å².